The van der Waals surface area contributed by atoms with Crippen molar-refractivity contribution in [2.24, 2.45) is 11.8 Å². The molecule has 1 aliphatic carbocycles. The number of hydrogen-bond donors (Lipinski definition) is 2. The second-order valence-corrected chi connectivity index (χ2v) is 6.46. The van der Waals surface area contributed by atoms with Crippen molar-refractivity contribution in [3.63, 3.8) is 0 Å². The van der Waals surface area contributed by atoms with Gasteiger partial charge in [0.05, 0.1) is 12.6 Å². The summed E-state index contributed by atoms with van der Waals surface area (Å²) in [5.41, 5.74) is 2.52. The average Bonchev–Trinajstić information content (AvgIpc) is 3.29. The van der Waals surface area contributed by atoms with Crippen molar-refractivity contribution in [1.29, 1.82) is 0 Å². The van der Waals surface area contributed by atoms with Gasteiger partial charge in [-0.1, -0.05) is 45.0 Å². The summed E-state index contributed by atoms with van der Waals surface area (Å²) >= 11 is 0. The van der Waals surface area contributed by atoms with Crippen LogP contribution in [0.2, 0.25) is 0 Å². The summed E-state index contributed by atoms with van der Waals surface area (Å²) in [4.78, 5) is 12.1. The molecule has 0 aliphatic heterocycles. The number of amides is 1. The first kappa shape index (κ1) is 19.0. The van der Waals surface area contributed by atoms with E-state index in [-0.39, 0.29) is 24.4 Å². The van der Waals surface area contributed by atoms with Gasteiger partial charge in [-0.05, 0) is 48.8 Å². The molecule has 0 saturated heterocycles. The van der Waals surface area contributed by atoms with Crippen molar-refractivity contribution in [2.75, 3.05) is 13.1 Å². The summed E-state index contributed by atoms with van der Waals surface area (Å²) in [7, 11) is 0. The zero-order valence-electron chi connectivity index (χ0n) is 13.9. The lowest BCUT2D eigenvalue weighted by Gasteiger charge is -2.23. The Morgan fingerprint density at radius 1 is 1.23 bits per heavy atom. The molecule has 1 atom stereocenters. The van der Waals surface area contributed by atoms with Gasteiger partial charge in [0.25, 0.3) is 0 Å². The first-order chi connectivity index (χ1) is 10.1. The molecule has 1 aliphatic rings. The van der Waals surface area contributed by atoms with Crippen molar-refractivity contribution in [2.45, 2.75) is 46.1 Å². The Labute approximate surface area is 140 Å². The first-order valence-corrected chi connectivity index (χ1v) is 8.19. The monoisotopic (exact) mass is 324 g/mol. The van der Waals surface area contributed by atoms with E-state index in [0.717, 1.165) is 18.9 Å². The van der Waals surface area contributed by atoms with Crippen LogP contribution in [0.3, 0.4) is 0 Å². The maximum Gasteiger partial charge on any atom is 0.234 e. The number of carbonyl (C=O) groups excluding carboxylic acids is 1. The number of hydrogen-bond acceptors (Lipinski definition) is 2. The van der Waals surface area contributed by atoms with E-state index in [9.17, 15) is 4.79 Å². The summed E-state index contributed by atoms with van der Waals surface area (Å²) in [6.07, 6.45) is 3.67. The lowest BCUT2D eigenvalue weighted by Crippen LogP contribution is -2.38. The summed E-state index contributed by atoms with van der Waals surface area (Å²) in [5, 5.41) is 6.41. The SMILES string of the molecule is CCc1ccc(C(NC(=O)CNCC2CC2)C(C)C)cc1.Cl. The van der Waals surface area contributed by atoms with Gasteiger partial charge in [0, 0.05) is 0 Å². The van der Waals surface area contributed by atoms with Crippen LogP contribution in [0.15, 0.2) is 24.3 Å². The van der Waals surface area contributed by atoms with E-state index in [0.29, 0.717) is 12.5 Å². The predicted molar refractivity (Wildman–Crippen MR) is 94.4 cm³/mol. The summed E-state index contributed by atoms with van der Waals surface area (Å²) in [5.74, 6) is 1.28. The quantitative estimate of drug-likeness (QED) is 0.768. The number of benzene rings is 1. The molecule has 124 valence electrons. The van der Waals surface area contributed by atoms with Crippen LogP contribution in [0.25, 0.3) is 0 Å². The van der Waals surface area contributed by atoms with Crippen molar-refractivity contribution >= 4 is 18.3 Å². The van der Waals surface area contributed by atoms with Gasteiger partial charge in [-0.3, -0.25) is 4.79 Å². The Morgan fingerprint density at radius 3 is 2.36 bits per heavy atom. The van der Waals surface area contributed by atoms with Gasteiger partial charge in [0.15, 0.2) is 0 Å². The smallest absolute Gasteiger partial charge is 0.234 e. The summed E-state index contributed by atoms with van der Waals surface area (Å²) < 4.78 is 0. The fraction of sp³-hybridized carbons (Fsp3) is 0.611. The van der Waals surface area contributed by atoms with Crippen molar-refractivity contribution in [1.82, 2.24) is 10.6 Å². The molecule has 2 rings (SSSR count). The fourth-order valence-electron chi connectivity index (χ4n) is 2.53. The molecule has 1 saturated carbocycles. The number of rotatable bonds is 8. The molecular weight excluding hydrogens is 296 g/mol. The van der Waals surface area contributed by atoms with Gasteiger partial charge in [0.2, 0.25) is 5.91 Å². The van der Waals surface area contributed by atoms with Crippen LogP contribution in [-0.2, 0) is 11.2 Å². The number of nitrogens with one attached hydrogen (secondary N) is 2. The van der Waals surface area contributed by atoms with Crippen molar-refractivity contribution in [3.05, 3.63) is 35.4 Å². The zero-order valence-corrected chi connectivity index (χ0v) is 14.7. The lowest BCUT2D eigenvalue weighted by atomic mass is 9.95. The van der Waals surface area contributed by atoms with Crippen LogP contribution in [0.1, 0.15) is 50.8 Å². The summed E-state index contributed by atoms with van der Waals surface area (Å²) in [6, 6.07) is 8.68. The fourth-order valence-corrected chi connectivity index (χ4v) is 2.53. The number of aryl methyl sites for hydroxylation is 1. The molecule has 3 nitrogen and oxygen atoms in total. The lowest BCUT2D eigenvalue weighted by molar-refractivity contribution is -0.121. The highest BCUT2D eigenvalue weighted by Crippen LogP contribution is 2.27. The molecule has 4 heteroatoms. The maximum atomic E-state index is 12.1. The van der Waals surface area contributed by atoms with Crippen LogP contribution >= 0.6 is 12.4 Å². The molecule has 1 aromatic carbocycles. The van der Waals surface area contributed by atoms with Crippen molar-refractivity contribution in [3.8, 4) is 0 Å². The molecule has 2 N–H and O–H groups in total. The van der Waals surface area contributed by atoms with E-state index >= 15 is 0 Å². The molecule has 0 heterocycles. The number of carbonyl (C=O) groups is 1. The van der Waals surface area contributed by atoms with E-state index in [1.807, 2.05) is 0 Å². The first-order valence-electron chi connectivity index (χ1n) is 8.19. The van der Waals surface area contributed by atoms with E-state index < -0.39 is 0 Å². The molecule has 1 fully saturated rings. The van der Waals surface area contributed by atoms with Gasteiger partial charge >= 0.3 is 0 Å². The molecule has 1 amide bonds. The van der Waals surface area contributed by atoms with E-state index in [1.54, 1.807) is 0 Å². The topological polar surface area (TPSA) is 41.1 Å². The van der Waals surface area contributed by atoms with Crippen LogP contribution in [0.4, 0.5) is 0 Å². The highest BCUT2D eigenvalue weighted by atomic mass is 35.5. The van der Waals surface area contributed by atoms with E-state index in [4.69, 9.17) is 0 Å². The second-order valence-electron chi connectivity index (χ2n) is 6.46. The van der Waals surface area contributed by atoms with Crippen LogP contribution in [0.5, 0.6) is 0 Å². The third-order valence-electron chi connectivity index (χ3n) is 4.15. The molecule has 1 aromatic rings. The van der Waals surface area contributed by atoms with Gasteiger partial charge in [-0.2, -0.15) is 0 Å². The second kappa shape index (κ2) is 9.16. The minimum absolute atomic E-state index is 0. The van der Waals surface area contributed by atoms with E-state index in [2.05, 4.69) is 55.7 Å². The van der Waals surface area contributed by atoms with Gasteiger partial charge in [-0.15, -0.1) is 12.4 Å². The van der Waals surface area contributed by atoms with Crippen LogP contribution in [-0.4, -0.2) is 19.0 Å². The molecule has 0 aromatic heterocycles. The Kier molecular flexibility index (Phi) is 7.91. The standard InChI is InChI=1S/C18H28N2O.ClH/c1-4-14-7-9-16(10-8-14)18(13(2)3)20-17(21)12-19-11-15-5-6-15;/h7-10,13,15,18-19H,4-6,11-12H2,1-3H3,(H,20,21);1H. The summed E-state index contributed by atoms with van der Waals surface area (Å²) in [6.45, 7) is 7.85. The van der Waals surface area contributed by atoms with Crippen LogP contribution < -0.4 is 10.6 Å². The Hall–Kier alpha value is -1.06. The molecule has 22 heavy (non-hydrogen) atoms. The normalized spacial score (nSPS) is 15.3. The third-order valence-corrected chi connectivity index (χ3v) is 4.15. The largest absolute Gasteiger partial charge is 0.348 e. The highest BCUT2D eigenvalue weighted by molar-refractivity contribution is 5.85. The molecule has 0 spiro atoms. The van der Waals surface area contributed by atoms with Crippen LogP contribution in [0, 0.1) is 11.8 Å². The third kappa shape index (κ3) is 5.98. The molecule has 0 radical (unpaired) electrons. The van der Waals surface area contributed by atoms with Crippen molar-refractivity contribution < 1.29 is 4.79 Å². The Balaban J connectivity index is 0.00000242. The zero-order chi connectivity index (χ0) is 15.2. The highest BCUT2D eigenvalue weighted by Gasteiger charge is 2.21. The Bertz CT molecular complexity index is 455. The average molecular weight is 325 g/mol. The van der Waals surface area contributed by atoms with E-state index in [1.165, 1.54) is 24.0 Å². The molecule has 0 bridgehead atoms. The molecular formula is C18H29ClN2O. The maximum absolute atomic E-state index is 12.1. The number of halogens is 1. The Morgan fingerprint density at radius 2 is 1.86 bits per heavy atom. The van der Waals surface area contributed by atoms with Gasteiger partial charge in [-0.25, -0.2) is 0 Å². The predicted octanol–water partition coefficient (Wildman–Crippen LogP) is 3.48. The minimum atomic E-state index is 0. The minimum Gasteiger partial charge on any atom is -0.348 e. The molecule has 1 unspecified atom stereocenters. The van der Waals surface area contributed by atoms with Gasteiger partial charge in [0.1, 0.15) is 0 Å². The van der Waals surface area contributed by atoms with Gasteiger partial charge < -0.3 is 10.6 Å².